The largest absolute Gasteiger partial charge is 0.493 e. The maximum Gasteiger partial charge on any atom is 0.336 e. The van der Waals surface area contributed by atoms with Crippen LogP contribution in [-0.2, 0) is 4.79 Å². The van der Waals surface area contributed by atoms with Crippen molar-refractivity contribution in [1.82, 2.24) is 0 Å². The van der Waals surface area contributed by atoms with Crippen LogP contribution in [0.5, 0.6) is 23.0 Å². The van der Waals surface area contributed by atoms with Gasteiger partial charge in [-0.2, -0.15) is 0 Å². The molecule has 0 heterocycles. The molecular formula is C22H20O5. The second-order valence-corrected chi connectivity index (χ2v) is 5.72. The Kier molecular flexibility index (Phi) is 5.61. The fraction of sp³-hybridized carbons (Fsp3) is 0.136. The monoisotopic (exact) mass is 364 g/mol. The molecule has 0 atom stereocenters. The molecule has 27 heavy (non-hydrogen) atoms. The number of esters is 1. The van der Waals surface area contributed by atoms with Gasteiger partial charge >= 0.3 is 5.97 Å². The summed E-state index contributed by atoms with van der Waals surface area (Å²) in [4.78, 5) is 12.2. The lowest BCUT2D eigenvalue weighted by molar-refractivity contribution is -0.128. The van der Waals surface area contributed by atoms with Crippen molar-refractivity contribution >= 4 is 22.8 Å². The van der Waals surface area contributed by atoms with E-state index in [9.17, 15) is 4.79 Å². The van der Waals surface area contributed by atoms with Gasteiger partial charge in [0.05, 0.1) is 21.3 Å². The van der Waals surface area contributed by atoms with E-state index >= 15 is 0 Å². The van der Waals surface area contributed by atoms with Gasteiger partial charge in [-0.1, -0.05) is 30.3 Å². The average molecular weight is 364 g/mol. The van der Waals surface area contributed by atoms with Gasteiger partial charge in [-0.05, 0) is 46.7 Å². The third-order valence-electron chi connectivity index (χ3n) is 4.04. The molecule has 0 bridgehead atoms. The van der Waals surface area contributed by atoms with E-state index in [1.54, 1.807) is 38.5 Å². The van der Waals surface area contributed by atoms with E-state index in [0.717, 1.165) is 16.3 Å². The van der Waals surface area contributed by atoms with E-state index in [-0.39, 0.29) is 0 Å². The summed E-state index contributed by atoms with van der Waals surface area (Å²) >= 11 is 0. The molecule has 3 aromatic rings. The molecule has 0 N–H and O–H groups in total. The van der Waals surface area contributed by atoms with Gasteiger partial charge in [-0.15, -0.1) is 0 Å². The lowest BCUT2D eigenvalue weighted by Crippen LogP contribution is -2.03. The molecule has 0 saturated carbocycles. The Labute approximate surface area is 157 Å². The second kappa shape index (κ2) is 8.27. The van der Waals surface area contributed by atoms with Crippen molar-refractivity contribution in [3.8, 4) is 23.0 Å². The Hall–Kier alpha value is -3.47. The number of ether oxygens (including phenoxy) is 4. The highest BCUT2D eigenvalue weighted by Crippen LogP contribution is 2.38. The minimum absolute atomic E-state index is 0.473. The van der Waals surface area contributed by atoms with Gasteiger partial charge < -0.3 is 18.9 Å². The Morgan fingerprint density at radius 3 is 2.11 bits per heavy atom. The Morgan fingerprint density at radius 1 is 0.815 bits per heavy atom. The number of carbonyl (C=O) groups excluding carboxylic acids is 1. The van der Waals surface area contributed by atoms with E-state index in [4.69, 9.17) is 18.9 Å². The van der Waals surface area contributed by atoms with Crippen LogP contribution in [0.25, 0.3) is 16.8 Å². The quantitative estimate of drug-likeness (QED) is 0.367. The van der Waals surface area contributed by atoms with Crippen molar-refractivity contribution in [1.29, 1.82) is 0 Å². The number of fused-ring (bicyclic) bond motifs is 1. The van der Waals surface area contributed by atoms with Crippen molar-refractivity contribution < 1.29 is 23.7 Å². The summed E-state index contributed by atoms with van der Waals surface area (Å²) in [6.45, 7) is 0. The predicted octanol–water partition coefficient (Wildman–Crippen LogP) is 4.48. The summed E-state index contributed by atoms with van der Waals surface area (Å²) < 4.78 is 21.3. The van der Waals surface area contributed by atoms with Gasteiger partial charge in [0, 0.05) is 6.08 Å². The van der Waals surface area contributed by atoms with Crippen LogP contribution in [0.15, 0.2) is 60.7 Å². The lowest BCUT2D eigenvalue weighted by Gasteiger charge is -2.12. The molecule has 3 rings (SSSR count). The van der Waals surface area contributed by atoms with Gasteiger partial charge in [-0.25, -0.2) is 4.79 Å². The van der Waals surface area contributed by atoms with E-state index in [0.29, 0.717) is 23.0 Å². The van der Waals surface area contributed by atoms with E-state index in [1.165, 1.54) is 13.2 Å². The van der Waals surface area contributed by atoms with Gasteiger partial charge in [0.15, 0.2) is 11.5 Å². The van der Waals surface area contributed by atoms with Crippen LogP contribution in [0.1, 0.15) is 5.56 Å². The maximum absolute atomic E-state index is 12.2. The molecular weight excluding hydrogens is 344 g/mol. The van der Waals surface area contributed by atoms with E-state index < -0.39 is 5.97 Å². The third-order valence-corrected chi connectivity index (χ3v) is 4.04. The third kappa shape index (κ3) is 4.20. The molecule has 5 nitrogen and oxygen atoms in total. The normalized spacial score (nSPS) is 10.8. The first-order valence-electron chi connectivity index (χ1n) is 8.33. The fourth-order valence-electron chi connectivity index (χ4n) is 2.74. The molecule has 0 aromatic heterocycles. The summed E-state index contributed by atoms with van der Waals surface area (Å²) in [6, 6.07) is 16.9. The number of carbonyl (C=O) groups is 1. The molecule has 0 aliphatic heterocycles. The van der Waals surface area contributed by atoms with Crippen LogP contribution < -0.4 is 18.9 Å². The highest BCUT2D eigenvalue weighted by Gasteiger charge is 2.12. The van der Waals surface area contributed by atoms with E-state index in [2.05, 4.69) is 0 Å². The highest BCUT2D eigenvalue weighted by atomic mass is 16.5. The van der Waals surface area contributed by atoms with Crippen molar-refractivity contribution in [3.63, 3.8) is 0 Å². The number of hydrogen-bond donors (Lipinski definition) is 0. The minimum Gasteiger partial charge on any atom is -0.493 e. The maximum atomic E-state index is 12.2. The zero-order chi connectivity index (χ0) is 19.2. The number of methoxy groups -OCH3 is 3. The van der Waals surface area contributed by atoms with Crippen molar-refractivity contribution in [2.24, 2.45) is 0 Å². The highest BCUT2D eigenvalue weighted by molar-refractivity contribution is 5.90. The molecule has 0 fully saturated rings. The SMILES string of the molecule is COc1cc(/C=C/C(=O)Oc2ccc3ccccc3c2)cc(OC)c1OC. The van der Waals surface area contributed by atoms with Crippen LogP contribution in [0, 0.1) is 0 Å². The number of rotatable bonds is 6. The van der Waals surface area contributed by atoms with Gasteiger partial charge in [0.1, 0.15) is 5.75 Å². The minimum atomic E-state index is -0.473. The van der Waals surface area contributed by atoms with Crippen molar-refractivity contribution in [3.05, 3.63) is 66.2 Å². The van der Waals surface area contributed by atoms with Crippen molar-refractivity contribution in [2.75, 3.05) is 21.3 Å². The van der Waals surface area contributed by atoms with Crippen LogP contribution in [0.4, 0.5) is 0 Å². The Bertz CT molecular complexity index is 966. The number of benzene rings is 3. The summed E-state index contributed by atoms with van der Waals surface area (Å²) in [5.74, 6) is 1.54. The first-order valence-corrected chi connectivity index (χ1v) is 8.33. The molecule has 0 spiro atoms. The molecule has 0 unspecified atom stereocenters. The Morgan fingerprint density at radius 2 is 1.48 bits per heavy atom. The lowest BCUT2D eigenvalue weighted by atomic mass is 10.1. The topological polar surface area (TPSA) is 54.0 Å². The van der Waals surface area contributed by atoms with Gasteiger partial charge in [0.25, 0.3) is 0 Å². The molecule has 0 saturated heterocycles. The van der Waals surface area contributed by atoms with Crippen LogP contribution in [0.3, 0.4) is 0 Å². The average Bonchev–Trinajstić information content (AvgIpc) is 2.71. The summed E-state index contributed by atoms with van der Waals surface area (Å²) in [5.41, 5.74) is 0.722. The van der Waals surface area contributed by atoms with E-state index in [1.807, 2.05) is 36.4 Å². The van der Waals surface area contributed by atoms with Gasteiger partial charge in [-0.3, -0.25) is 0 Å². The molecule has 0 aliphatic carbocycles. The molecule has 0 aliphatic rings. The van der Waals surface area contributed by atoms with Crippen LogP contribution in [-0.4, -0.2) is 27.3 Å². The number of hydrogen-bond acceptors (Lipinski definition) is 5. The molecule has 0 amide bonds. The first kappa shape index (κ1) is 18.3. The summed E-state index contributed by atoms with van der Waals surface area (Å²) in [6.07, 6.45) is 2.99. The molecule has 138 valence electrons. The smallest absolute Gasteiger partial charge is 0.336 e. The zero-order valence-electron chi connectivity index (χ0n) is 15.4. The summed E-state index contributed by atoms with van der Waals surface area (Å²) in [5, 5.41) is 2.10. The first-order chi connectivity index (χ1) is 13.1. The predicted molar refractivity (Wildman–Crippen MR) is 105 cm³/mol. The summed E-state index contributed by atoms with van der Waals surface area (Å²) in [7, 11) is 4.62. The molecule has 0 radical (unpaired) electrons. The zero-order valence-corrected chi connectivity index (χ0v) is 15.4. The Balaban J connectivity index is 1.77. The standard InChI is InChI=1S/C22H20O5/c1-24-19-12-15(13-20(25-2)22(19)26-3)8-11-21(23)27-18-10-9-16-6-4-5-7-17(16)14-18/h4-14H,1-3H3/b11-8+. The molecule has 3 aromatic carbocycles. The van der Waals surface area contributed by atoms with Gasteiger partial charge in [0.2, 0.25) is 5.75 Å². The van der Waals surface area contributed by atoms with Crippen LogP contribution in [0.2, 0.25) is 0 Å². The van der Waals surface area contributed by atoms with Crippen molar-refractivity contribution in [2.45, 2.75) is 0 Å². The van der Waals surface area contributed by atoms with Crippen LogP contribution >= 0.6 is 0 Å². The second-order valence-electron chi connectivity index (χ2n) is 5.72. The molecule has 5 heteroatoms. The fourth-order valence-corrected chi connectivity index (χ4v) is 2.74.